The van der Waals surface area contributed by atoms with Gasteiger partial charge in [-0.1, -0.05) is 19.4 Å². The molecule has 0 aliphatic rings. The maximum atomic E-state index is 11.4. The van der Waals surface area contributed by atoms with Crippen molar-refractivity contribution < 1.29 is 14.3 Å². The van der Waals surface area contributed by atoms with E-state index in [9.17, 15) is 4.79 Å². The topological polar surface area (TPSA) is 35.5 Å². The highest BCUT2D eigenvalue weighted by molar-refractivity contribution is 5.87. The monoisotopic (exact) mass is 262 g/mol. The van der Waals surface area contributed by atoms with Crippen molar-refractivity contribution in [3.8, 4) is 5.75 Å². The van der Waals surface area contributed by atoms with Crippen molar-refractivity contribution in [2.45, 2.75) is 33.1 Å². The van der Waals surface area contributed by atoms with Gasteiger partial charge in [-0.15, -0.1) is 0 Å². The van der Waals surface area contributed by atoms with E-state index in [1.807, 2.05) is 12.1 Å². The van der Waals surface area contributed by atoms with Crippen molar-refractivity contribution in [3.63, 3.8) is 0 Å². The van der Waals surface area contributed by atoms with E-state index in [-0.39, 0.29) is 5.97 Å². The SMILES string of the molecule is CCCCc1ccc(OC)cc1/C=C/C(=O)OCC. The first-order valence-electron chi connectivity index (χ1n) is 6.73. The molecule has 0 spiro atoms. The molecule has 0 atom stereocenters. The lowest BCUT2D eigenvalue weighted by atomic mass is 10.0. The number of carbonyl (C=O) groups excluding carboxylic acids is 1. The van der Waals surface area contributed by atoms with Crippen molar-refractivity contribution in [3.05, 3.63) is 35.4 Å². The molecule has 19 heavy (non-hydrogen) atoms. The highest BCUT2D eigenvalue weighted by Gasteiger charge is 2.03. The van der Waals surface area contributed by atoms with Crippen LogP contribution in [0.2, 0.25) is 0 Å². The smallest absolute Gasteiger partial charge is 0.330 e. The van der Waals surface area contributed by atoms with Gasteiger partial charge in [-0.3, -0.25) is 0 Å². The maximum absolute atomic E-state index is 11.4. The van der Waals surface area contributed by atoms with Crippen molar-refractivity contribution in [2.75, 3.05) is 13.7 Å². The first kappa shape index (κ1) is 15.3. The molecule has 0 unspecified atom stereocenters. The van der Waals surface area contributed by atoms with E-state index in [0.717, 1.165) is 30.6 Å². The number of carbonyl (C=O) groups is 1. The molecule has 0 fully saturated rings. The molecule has 3 nitrogen and oxygen atoms in total. The van der Waals surface area contributed by atoms with Gasteiger partial charge < -0.3 is 9.47 Å². The van der Waals surface area contributed by atoms with E-state index >= 15 is 0 Å². The number of esters is 1. The Morgan fingerprint density at radius 2 is 2.11 bits per heavy atom. The molecule has 0 N–H and O–H groups in total. The third-order valence-electron chi connectivity index (χ3n) is 2.84. The molecule has 0 bridgehead atoms. The molecule has 0 amide bonds. The second kappa shape index (κ2) is 8.35. The maximum Gasteiger partial charge on any atom is 0.330 e. The zero-order valence-corrected chi connectivity index (χ0v) is 11.9. The molecule has 0 heterocycles. The fraction of sp³-hybridized carbons (Fsp3) is 0.438. The summed E-state index contributed by atoms with van der Waals surface area (Å²) in [5.74, 6) is 0.482. The molecular weight excluding hydrogens is 240 g/mol. The summed E-state index contributed by atoms with van der Waals surface area (Å²) in [6.07, 6.45) is 6.54. The number of benzene rings is 1. The number of rotatable bonds is 7. The molecule has 0 aromatic heterocycles. The van der Waals surface area contributed by atoms with Gasteiger partial charge in [0.2, 0.25) is 0 Å². The average molecular weight is 262 g/mol. The molecule has 1 rings (SSSR count). The van der Waals surface area contributed by atoms with Crippen LogP contribution in [0.4, 0.5) is 0 Å². The van der Waals surface area contributed by atoms with Gasteiger partial charge in [-0.05, 0) is 49.1 Å². The lowest BCUT2D eigenvalue weighted by Crippen LogP contribution is -1.99. The van der Waals surface area contributed by atoms with Crippen LogP contribution < -0.4 is 4.74 Å². The molecule has 0 radical (unpaired) electrons. The summed E-state index contributed by atoms with van der Waals surface area (Å²) in [7, 11) is 1.64. The Hall–Kier alpha value is -1.77. The Morgan fingerprint density at radius 1 is 1.32 bits per heavy atom. The van der Waals surface area contributed by atoms with E-state index in [1.54, 1.807) is 20.1 Å². The minimum absolute atomic E-state index is 0.313. The normalized spacial score (nSPS) is 10.7. The third kappa shape index (κ3) is 5.16. The van der Waals surface area contributed by atoms with E-state index in [2.05, 4.69) is 13.0 Å². The number of hydrogen-bond donors (Lipinski definition) is 0. The van der Waals surface area contributed by atoms with Crippen LogP contribution >= 0.6 is 0 Å². The standard InChI is InChI=1S/C16H22O3/c1-4-6-7-13-8-10-15(18-3)12-14(13)9-11-16(17)19-5-2/h8-12H,4-7H2,1-3H3/b11-9+. The number of aryl methyl sites for hydroxylation is 1. The minimum Gasteiger partial charge on any atom is -0.497 e. The number of methoxy groups -OCH3 is 1. The first-order chi connectivity index (χ1) is 9.21. The summed E-state index contributed by atoms with van der Waals surface area (Å²) < 4.78 is 10.1. The van der Waals surface area contributed by atoms with Crippen LogP contribution in [0.15, 0.2) is 24.3 Å². The summed E-state index contributed by atoms with van der Waals surface area (Å²) >= 11 is 0. The van der Waals surface area contributed by atoms with Gasteiger partial charge in [0.25, 0.3) is 0 Å². The van der Waals surface area contributed by atoms with E-state index < -0.39 is 0 Å². The van der Waals surface area contributed by atoms with Gasteiger partial charge in [0, 0.05) is 6.08 Å². The quantitative estimate of drug-likeness (QED) is 0.556. The molecular formula is C16H22O3. The summed E-state index contributed by atoms with van der Waals surface area (Å²) in [6.45, 7) is 4.35. The molecule has 3 heteroatoms. The van der Waals surface area contributed by atoms with Crippen LogP contribution in [0, 0.1) is 0 Å². The summed E-state index contributed by atoms with van der Waals surface area (Å²) in [5.41, 5.74) is 2.24. The second-order valence-electron chi connectivity index (χ2n) is 4.25. The van der Waals surface area contributed by atoms with Crippen LogP contribution in [0.1, 0.15) is 37.8 Å². The van der Waals surface area contributed by atoms with E-state index in [4.69, 9.17) is 9.47 Å². The molecule has 0 saturated heterocycles. The third-order valence-corrected chi connectivity index (χ3v) is 2.84. The molecule has 1 aromatic carbocycles. The molecule has 104 valence electrons. The van der Waals surface area contributed by atoms with Crippen LogP contribution in [-0.4, -0.2) is 19.7 Å². The van der Waals surface area contributed by atoms with Gasteiger partial charge in [0.05, 0.1) is 13.7 Å². The van der Waals surface area contributed by atoms with E-state index in [0.29, 0.717) is 6.61 Å². The Morgan fingerprint density at radius 3 is 2.74 bits per heavy atom. The molecule has 0 aliphatic heterocycles. The van der Waals surface area contributed by atoms with Gasteiger partial charge >= 0.3 is 5.97 Å². The van der Waals surface area contributed by atoms with E-state index in [1.165, 1.54) is 11.6 Å². The van der Waals surface area contributed by atoms with Gasteiger partial charge in [0.15, 0.2) is 0 Å². The zero-order chi connectivity index (χ0) is 14.1. The predicted octanol–water partition coefficient (Wildman–Crippen LogP) is 3.61. The highest BCUT2D eigenvalue weighted by atomic mass is 16.5. The van der Waals surface area contributed by atoms with Gasteiger partial charge in [-0.2, -0.15) is 0 Å². The largest absolute Gasteiger partial charge is 0.497 e. The first-order valence-corrected chi connectivity index (χ1v) is 6.73. The molecule has 0 saturated carbocycles. The Balaban J connectivity index is 2.90. The lowest BCUT2D eigenvalue weighted by Gasteiger charge is -2.08. The highest BCUT2D eigenvalue weighted by Crippen LogP contribution is 2.20. The van der Waals surface area contributed by atoms with Crippen molar-refractivity contribution in [2.24, 2.45) is 0 Å². The Bertz CT molecular complexity index is 436. The van der Waals surface area contributed by atoms with Crippen LogP contribution in [0.25, 0.3) is 6.08 Å². The van der Waals surface area contributed by atoms with Crippen LogP contribution in [0.3, 0.4) is 0 Å². The van der Waals surface area contributed by atoms with Crippen LogP contribution in [0.5, 0.6) is 5.75 Å². The van der Waals surface area contributed by atoms with Gasteiger partial charge in [0.1, 0.15) is 5.75 Å². The fourth-order valence-electron chi connectivity index (χ4n) is 1.80. The number of unbranched alkanes of at least 4 members (excludes halogenated alkanes) is 1. The lowest BCUT2D eigenvalue weighted by molar-refractivity contribution is -0.137. The van der Waals surface area contributed by atoms with Crippen molar-refractivity contribution in [1.29, 1.82) is 0 Å². The summed E-state index contributed by atoms with van der Waals surface area (Å²) in [6, 6.07) is 5.95. The number of ether oxygens (including phenoxy) is 2. The minimum atomic E-state index is -0.313. The van der Waals surface area contributed by atoms with Crippen LogP contribution in [-0.2, 0) is 16.0 Å². The average Bonchev–Trinajstić information content (AvgIpc) is 2.43. The van der Waals surface area contributed by atoms with Crippen molar-refractivity contribution >= 4 is 12.0 Å². The van der Waals surface area contributed by atoms with Crippen molar-refractivity contribution in [1.82, 2.24) is 0 Å². The predicted molar refractivity (Wildman–Crippen MR) is 77.3 cm³/mol. The fourth-order valence-corrected chi connectivity index (χ4v) is 1.80. The summed E-state index contributed by atoms with van der Waals surface area (Å²) in [4.78, 5) is 11.4. The van der Waals surface area contributed by atoms with Gasteiger partial charge in [-0.25, -0.2) is 4.79 Å². The Kier molecular flexibility index (Phi) is 6.72. The molecule has 0 aliphatic carbocycles. The second-order valence-corrected chi connectivity index (χ2v) is 4.25. The summed E-state index contributed by atoms with van der Waals surface area (Å²) in [5, 5.41) is 0. The Labute approximate surface area is 115 Å². The molecule has 1 aromatic rings. The number of hydrogen-bond acceptors (Lipinski definition) is 3. The zero-order valence-electron chi connectivity index (χ0n) is 11.9.